The van der Waals surface area contributed by atoms with Gasteiger partial charge in [-0.2, -0.15) is 0 Å². The maximum absolute atomic E-state index is 6.27. The fourth-order valence-electron chi connectivity index (χ4n) is 3.00. The summed E-state index contributed by atoms with van der Waals surface area (Å²) in [6.07, 6.45) is 5.42. The summed E-state index contributed by atoms with van der Waals surface area (Å²) >= 11 is 6.27. The van der Waals surface area contributed by atoms with Gasteiger partial charge in [-0.25, -0.2) is 9.97 Å². The summed E-state index contributed by atoms with van der Waals surface area (Å²) in [6.45, 7) is 5.40. The molecular formula is C16H22ClN3O. The number of alkyl halides is 1. The molecule has 4 nitrogen and oxygen atoms in total. The van der Waals surface area contributed by atoms with Gasteiger partial charge in [-0.05, 0) is 38.8 Å². The summed E-state index contributed by atoms with van der Waals surface area (Å²) in [5.74, 6) is 0.875. The highest BCUT2D eigenvalue weighted by molar-refractivity contribution is 6.20. The van der Waals surface area contributed by atoms with Crippen molar-refractivity contribution in [3.63, 3.8) is 0 Å². The highest BCUT2D eigenvalue weighted by Gasteiger charge is 2.18. The molecule has 5 heteroatoms. The van der Waals surface area contributed by atoms with Gasteiger partial charge in [0.05, 0.1) is 18.1 Å². The van der Waals surface area contributed by atoms with Crippen molar-refractivity contribution in [2.24, 2.45) is 0 Å². The van der Waals surface area contributed by atoms with Crippen LogP contribution in [0.2, 0.25) is 0 Å². The minimum absolute atomic E-state index is 0.133. The Balaban J connectivity index is 1.80. The first kappa shape index (κ1) is 14.8. The lowest BCUT2D eigenvalue weighted by atomic mass is 10.3. The van der Waals surface area contributed by atoms with Crippen LogP contribution in [0.1, 0.15) is 49.5 Å². The molecule has 0 saturated heterocycles. The zero-order valence-corrected chi connectivity index (χ0v) is 13.4. The van der Waals surface area contributed by atoms with Gasteiger partial charge in [-0.15, -0.1) is 11.6 Å². The van der Waals surface area contributed by atoms with Crippen molar-refractivity contribution in [1.29, 1.82) is 0 Å². The topological polar surface area (TPSA) is 39.9 Å². The number of halogens is 1. The highest BCUT2D eigenvalue weighted by Crippen LogP contribution is 2.24. The monoisotopic (exact) mass is 307 g/mol. The van der Waals surface area contributed by atoms with Crippen LogP contribution < -0.4 is 0 Å². The van der Waals surface area contributed by atoms with E-state index in [1.54, 1.807) is 0 Å². The number of hydrogen-bond donors (Lipinski definition) is 0. The van der Waals surface area contributed by atoms with Crippen molar-refractivity contribution >= 4 is 22.8 Å². The number of imidazole rings is 1. The Morgan fingerprint density at radius 2 is 2.10 bits per heavy atom. The summed E-state index contributed by atoms with van der Waals surface area (Å²) in [5.41, 5.74) is 2.81. The van der Waals surface area contributed by atoms with Crippen LogP contribution in [-0.2, 0) is 11.3 Å². The van der Waals surface area contributed by atoms with E-state index in [2.05, 4.69) is 14.5 Å². The molecule has 0 radical (unpaired) electrons. The number of ether oxygens (including phenoxy) is 1. The van der Waals surface area contributed by atoms with Crippen LogP contribution in [0.15, 0.2) is 12.1 Å². The average Bonchev–Trinajstić information content (AvgIpc) is 3.07. The Morgan fingerprint density at radius 3 is 2.81 bits per heavy atom. The van der Waals surface area contributed by atoms with Crippen molar-refractivity contribution in [2.75, 3.05) is 6.61 Å². The van der Waals surface area contributed by atoms with Crippen molar-refractivity contribution in [1.82, 2.24) is 14.5 Å². The summed E-state index contributed by atoms with van der Waals surface area (Å²) in [7, 11) is 0. The van der Waals surface area contributed by atoms with E-state index >= 15 is 0 Å². The van der Waals surface area contributed by atoms with E-state index in [0.717, 1.165) is 29.2 Å². The van der Waals surface area contributed by atoms with Crippen LogP contribution in [0.25, 0.3) is 11.2 Å². The van der Waals surface area contributed by atoms with E-state index < -0.39 is 0 Å². The van der Waals surface area contributed by atoms with Crippen LogP contribution in [-0.4, -0.2) is 27.2 Å². The largest absolute Gasteiger partial charge is 0.376 e. The maximum atomic E-state index is 6.27. The Labute approximate surface area is 130 Å². The van der Waals surface area contributed by atoms with Gasteiger partial charge in [-0.3, -0.25) is 0 Å². The molecule has 0 bridgehead atoms. The molecule has 2 aromatic heterocycles. The summed E-state index contributed by atoms with van der Waals surface area (Å²) in [6, 6.07) is 3.99. The molecule has 1 saturated carbocycles. The molecule has 0 amide bonds. The summed E-state index contributed by atoms with van der Waals surface area (Å²) < 4.78 is 8.08. The fraction of sp³-hybridized carbons (Fsp3) is 0.625. The molecule has 2 heterocycles. The lowest BCUT2D eigenvalue weighted by Crippen LogP contribution is -2.15. The number of fused-ring (bicyclic) bond motifs is 1. The molecule has 1 atom stereocenters. The lowest BCUT2D eigenvalue weighted by molar-refractivity contribution is 0.0530. The number of hydrogen-bond acceptors (Lipinski definition) is 3. The molecule has 0 aromatic carbocycles. The minimum Gasteiger partial charge on any atom is -0.376 e. The third-order valence-electron chi connectivity index (χ3n) is 4.09. The normalized spacial score (nSPS) is 17.7. The van der Waals surface area contributed by atoms with Crippen LogP contribution in [0, 0.1) is 6.92 Å². The zero-order chi connectivity index (χ0) is 14.8. The van der Waals surface area contributed by atoms with E-state index in [4.69, 9.17) is 16.3 Å². The fourth-order valence-corrected chi connectivity index (χ4v) is 3.17. The third-order valence-corrected chi connectivity index (χ3v) is 4.28. The van der Waals surface area contributed by atoms with Crippen molar-refractivity contribution in [3.05, 3.63) is 23.7 Å². The van der Waals surface area contributed by atoms with Gasteiger partial charge in [0.2, 0.25) is 0 Å². The molecule has 0 N–H and O–H groups in total. The molecular weight excluding hydrogens is 286 g/mol. The van der Waals surface area contributed by atoms with Crippen molar-refractivity contribution < 1.29 is 4.74 Å². The van der Waals surface area contributed by atoms with E-state index in [0.29, 0.717) is 12.7 Å². The molecule has 21 heavy (non-hydrogen) atoms. The highest BCUT2D eigenvalue weighted by atomic mass is 35.5. The third kappa shape index (κ3) is 3.22. The van der Waals surface area contributed by atoms with Crippen molar-refractivity contribution in [2.45, 2.75) is 57.6 Å². The SMILES string of the molecule is Cc1ccc2nc(C(C)Cl)n(CCOC3CCCC3)c2n1. The van der Waals surface area contributed by atoms with E-state index in [1.165, 1.54) is 25.7 Å². The first-order chi connectivity index (χ1) is 10.1. The second-order valence-corrected chi connectivity index (χ2v) is 6.46. The van der Waals surface area contributed by atoms with Crippen molar-refractivity contribution in [3.8, 4) is 0 Å². The number of pyridine rings is 1. The molecule has 1 aliphatic carbocycles. The molecule has 2 aromatic rings. The zero-order valence-electron chi connectivity index (χ0n) is 12.7. The number of aryl methyl sites for hydroxylation is 1. The molecule has 1 fully saturated rings. The number of rotatable bonds is 5. The van der Waals surface area contributed by atoms with Gasteiger partial charge in [0.1, 0.15) is 11.3 Å². The predicted octanol–water partition coefficient (Wildman–Crippen LogP) is 4.00. The van der Waals surface area contributed by atoms with Gasteiger partial charge in [0.25, 0.3) is 0 Å². The summed E-state index contributed by atoms with van der Waals surface area (Å²) in [5, 5.41) is -0.133. The van der Waals surface area contributed by atoms with Crippen LogP contribution in [0.4, 0.5) is 0 Å². The van der Waals surface area contributed by atoms with Gasteiger partial charge < -0.3 is 9.30 Å². The predicted molar refractivity (Wildman–Crippen MR) is 84.7 cm³/mol. The van der Waals surface area contributed by atoms with E-state index in [-0.39, 0.29) is 5.38 Å². The lowest BCUT2D eigenvalue weighted by Gasteiger charge is -2.14. The van der Waals surface area contributed by atoms with Crippen LogP contribution >= 0.6 is 11.6 Å². The van der Waals surface area contributed by atoms with E-state index in [9.17, 15) is 0 Å². The van der Waals surface area contributed by atoms with Gasteiger partial charge in [-0.1, -0.05) is 12.8 Å². The molecule has 1 aliphatic rings. The number of aromatic nitrogens is 3. The second-order valence-electron chi connectivity index (χ2n) is 5.81. The van der Waals surface area contributed by atoms with Gasteiger partial charge >= 0.3 is 0 Å². The standard InChI is InChI=1S/C16H22ClN3O/c1-11-7-8-14-16(18-11)20(15(19-14)12(2)17)9-10-21-13-5-3-4-6-13/h7-8,12-13H,3-6,9-10H2,1-2H3. The molecule has 0 spiro atoms. The minimum atomic E-state index is -0.133. The van der Waals surface area contributed by atoms with Gasteiger partial charge in [0.15, 0.2) is 5.65 Å². The molecule has 1 unspecified atom stereocenters. The smallest absolute Gasteiger partial charge is 0.160 e. The van der Waals surface area contributed by atoms with Gasteiger partial charge in [0, 0.05) is 12.2 Å². The Hall–Kier alpha value is -1.13. The number of nitrogens with zero attached hydrogens (tertiary/aromatic N) is 3. The Kier molecular flexibility index (Phi) is 4.45. The second kappa shape index (κ2) is 6.32. The Bertz CT molecular complexity index is 617. The molecule has 114 valence electrons. The maximum Gasteiger partial charge on any atom is 0.160 e. The average molecular weight is 308 g/mol. The molecule has 3 rings (SSSR count). The van der Waals surface area contributed by atoms with Crippen LogP contribution in [0.5, 0.6) is 0 Å². The van der Waals surface area contributed by atoms with Crippen LogP contribution in [0.3, 0.4) is 0 Å². The molecule has 0 aliphatic heterocycles. The Morgan fingerprint density at radius 1 is 1.33 bits per heavy atom. The van der Waals surface area contributed by atoms with E-state index in [1.807, 2.05) is 26.0 Å². The quantitative estimate of drug-likeness (QED) is 0.784. The first-order valence-electron chi connectivity index (χ1n) is 7.74. The summed E-state index contributed by atoms with van der Waals surface area (Å²) in [4.78, 5) is 9.23. The first-order valence-corrected chi connectivity index (χ1v) is 8.18.